The molecule has 2 saturated carbocycles. The van der Waals surface area contributed by atoms with Gasteiger partial charge in [0, 0.05) is 12.1 Å². The first kappa shape index (κ1) is 24.6. The van der Waals surface area contributed by atoms with Crippen LogP contribution in [0.4, 0.5) is 10.5 Å². The number of benzene rings is 1. The molecule has 3 aliphatic rings. The molecule has 1 saturated heterocycles. The van der Waals surface area contributed by atoms with Gasteiger partial charge in [-0.05, 0) is 64.6 Å². The number of β-amino-alcohol motifs (C(OH)–C–C–N with tert-alkyl or cyclic N) is 1. The second-order valence-corrected chi connectivity index (χ2v) is 11.0. The van der Waals surface area contributed by atoms with Gasteiger partial charge in [-0.1, -0.05) is 30.3 Å². The summed E-state index contributed by atoms with van der Waals surface area (Å²) in [6, 6.07) is 10.4. The maximum atomic E-state index is 13.7. The molecule has 1 spiro atoms. The molecule has 2 aliphatic carbocycles. The Balaban J connectivity index is 1.37. The summed E-state index contributed by atoms with van der Waals surface area (Å²) < 4.78 is 0. The van der Waals surface area contributed by atoms with Gasteiger partial charge in [0.15, 0.2) is 0 Å². The Bertz CT molecular complexity index is 1080. The molecule has 1 aromatic heterocycles. The molecule has 3 amide bonds. The van der Waals surface area contributed by atoms with E-state index in [0.717, 1.165) is 32.1 Å². The van der Waals surface area contributed by atoms with Gasteiger partial charge in [-0.25, -0.2) is 14.8 Å². The summed E-state index contributed by atoms with van der Waals surface area (Å²) in [6.07, 6.45) is 10.3. The first-order valence-corrected chi connectivity index (χ1v) is 12.8. The van der Waals surface area contributed by atoms with Crippen molar-refractivity contribution in [2.45, 2.75) is 61.6 Å². The van der Waals surface area contributed by atoms with E-state index in [1.165, 1.54) is 24.3 Å². The number of amides is 3. The molecule has 0 unspecified atom stereocenters. The van der Waals surface area contributed by atoms with Gasteiger partial charge in [-0.3, -0.25) is 9.69 Å². The van der Waals surface area contributed by atoms with Crippen molar-refractivity contribution in [1.82, 2.24) is 24.7 Å². The van der Waals surface area contributed by atoms with Crippen LogP contribution in [-0.4, -0.2) is 86.6 Å². The number of nitrogens with one attached hydrogen (secondary N) is 1. The van der Waals surface area contributed by atoms with E-state index < -0.39 is 11.1 Å². The zero-order chi connectivity index (χ0) is 25.4. The van der Waals surface area contributed by atoms with Crippen molar-refractivity contribution in [2.75, 3.05) is 39.0 Å². The fourth-order valence-electron chi connectivity index (χ4n) is 6.32. The Morgan fingerprint density at radius 3 is 2.31 bits per heavy atom. The molecule has 36 heavy (non-hydrogen) atoms. The third-order valence-corrected chi connectivity index (χ3v) is 8.65. The molecule has 3 fully saturated rings. The number of urea groups is 1. The average Bonchev–Trinajstić information content (AvgIpc) is 3.09. The molecule has 2 aromatic rings. The van der Waals surface area contributed by atoms with Gasteiger partial charge in [0.25, 0.3) is 0 Å². The van der Waals surface area contributed by atoms with E-state index in [1.807, 2.05) is 11.0 Å². The number of anilines is 1. The molecule has 192 valence electrons. The Morgan fingerprint density at radius 2 is 1.72 bits per heavy atom. The smallest absolute Gasteiger partial charge is 0.321 e. The number of aromatic nitrogens is 2. The first-order chi connectivity index (χ1) is 17.3. The number of carbonyl (C=O) groups excluding carboxylic acids is 2. The standard InChI is InChI=1S/C27H36N6O3/c1-31(2)27(21-7-4-3-5-8-21)13-11-25(12-14-27)18-32(17-23(34)30-22-15-28-20-29-16-22)24(35)33(25)19-26(36)9-6-10-26/h3-5,7-8,15-16,20,36H,6,9-14,17-19H2,1-2H3,(H,30,34)/t25-,27-. The van der Waals surface area contributed by atoms with Gasteiger partial charge in [-0.15, -0.1) is 0 Å². The highest BCUT2D eigenvalue weighted by Crippen LogP contribution is 2.50. The molecule has 0 bridgehead atoms. The Morgan fingerprint density at radius 1 is 1.06 bits per heavy atom. The van der Waals surface area contributed by atoms with Gasteiger partial charge in [-0.2, -0.15) is 0 Å². The van der Waals surface area contributed by atoms with E-state index >= 15 is 0 Å². The molecule has 0 radical (unpaired) electrons. The number of carbonyl (C=O) groups is 2. The minimum absolute atomic E-state index is 0.0398. The van der Waals surface area contributed by atoms with Crippen LogP contribution < -0.4 is 5.32 Å². The van der Waals surface area contributed by atoms with Crippen LogP contribution in [0.3, 0.4) is 0 Å². The molecule has 9 nitrogen and oxygen atoms in total. The van der Waals surface area contributed by atoms with Crippen molar-refractivity contribution in [3.8, 4) is 0 Å². The van der Waals surface area contributed by atoms with Crippen molar-refractivity contribution in [3.05, 3.63) is 54.6 Å². The monoisotopic (exact) mass is 492 g/mol. The molecule has 9 heteroatoms. The minimum Gasteiger partial charge on any atom is -0.388 e. The lowest BCUT2D eigenvalue weighted by atomic mass is 9.67. The van der Waals surface area contributed by atoms with E-state index in [4.69, 9.17) is 0 Å². The van der Waals surface area contributed by atoms with Crippen molar-refractivity contribution in [1.29, 1.82) is 0 Å². The van der Waals surface area contributed by atoms with Crippen LogP contribution in [-0.2, 0) is 10.3 Å². The van der Waals surface area contributed by atoms with Crippen molar-refractivity contribution in [3.63, 3.8) is 0 Å². The predicted octanol–water partition coefficient (Wildman–Crippen LogP) is 2.84. The first-order valence-electron chi connectivity index (χ1n) is 12.8. The Labute approximate surface area is 212 Å². The fraction of sp³-hybridized carbons (Fsp3) is 0.556. The zero-order valence-electron chi connectivity index (χ0n) is 21.2. The summed E-state index contributed by atoms with van der Waals surface area (Å²) in [6.45, 7) is 0.775. The fourth-order valence-corrected chi connectivity index (χ4v) is 6.32. The van der Waals surface area contributed by atoms with E-state index in [-0.39, 0.29) is 24.0 Å². The van der Waals surface area contributed by atoms with Crippen molar-refractivity contribution in [2.24, 2.45) is 0 Å². The second-order valence-electron chi connectivity index (χ2n) is 11.0. The molecular formula is C27H36N6O3. The van der Waals surface area contributed by atoms with E-state index in [1.54, 1.807) is 4.90 Å². The molecule has 2 heterocycles. The minimum atomic E-state index is -0.822. The summed E-state index contributed by atoms with van der Waals surface area (Å²) in [4.78, 5) is 40.2. The van der Waals surface area contributed by atoms with Gasteiger partial charge in [0.2, 0.25) is 5.91 Å². The maximum Gasteiger partial charge on any atom is 0.321 e. The second kappa shape index (κ2) is 9.44. The highest BCUT2D eigenvalue weighted by atomic mass is 16.3. The summed E-state index contributed by atoms with van der Waals surface area (Å²) >= 11 is 0. The van der Waals surface area contributed by atoms with Crippen LogP contribution >= 0.6 is 0 Å². The summed E-state index contributed by atoms with van der Waals surface area (Å²) in [7, 11) is 4.26. The van der Waals surface area contributed by atoms with Gasteiger partial charge in [0.05, 0.1) is 35.8 Å². The maximum absolute atomic E-state index is 13.7. The largest absolute Gasteiger partial charge is 0.388 e. The van der Waals surface area contributed by atoms with Crippen LogP contribution in [0.25, 0.3) is 0 Å². The third-order valence-electron chi connectivity index (χ3n) is 8.65. The highest BCUT2D eigenvalue weighted by Gasteiger charge is 2.56. The molecule has 0 atom stereocenters. The highest BCUT2D eigenvalue weighted by molar-refractivity contribution is 5.94. The van der Waals surface area contributed by atoms with E-state index in [0.29, 0.717) is 31.6 Å². The zero-order valence-corrected chi connectivity index (χ0v) is 21.2. The molecule has 1 aliphatic heterocycles. The van der Waals surface area contributed by atoms with E-state index in [2.05, 4.69) is 58.5 Å². The molecule has 2 N–H and O–H groups in total. The lowest BCUT2D eigenvalue weighted by molar-refractivity contribution is -0.116. The normalized spacial score (nSPS) is 27.4. The number of aliphatic hydroxyl groups is 1. The molecular weight excluding hydrogens is 456 g/mol. The lowest BCUT2D eigenvalue weighted by Gasteiger charge is -2.52. The van der Waals surface area contributed by atoms with Crippen LogP contribution in [0.1, 0.15) is 50.5 Å². The average molecular weight is 493 g/mol. The third kappa shape index (κ3) is 4.46. The number of hydrogen-bond acceptors (Lipinski definition) is 6. The van der Waals surface area contributed by atoms with Gasteiger partial charge >= 0.3 is 6.03 Å². The van der Waals surface area contributed by atoms with Gasteiger partial charge < -0.3 is 20.2 Å². The van der Waals surface area contributed by atoms with Crippen molar-refractivity contribution >= 4 is 17.6 Å². The topological polar surface area (TPSA) is 102 Å². The Hall–Kier alpha value is -3.04. The van der Waals surface area contributed by atoms with Crippen LogP contribution in [0.5, 0.6) is 0 Å². The lowest BCUT2D eigenvalue weighted by Crippen LogP contribution is -2.59. The predicted molar refractivity (Wildman–Crippen MR) is 136 cm³/mol. The number of nitrogens with zero attached hydrogens (tertiary/aromatic N) is 5. The van der Waals surface area contributed by atoms with Crippen LogP contribution in [0.2, 0.25) is 0 Å². The summed E-state index contributed by atoms with van der Waals surface area (Å²) in [5.74, 6) is -0.278. The quantitative estimate of drug-likeness (QED) is 0.616. The number of rotatable bonds is 7. The summed E-state index contributed by atoms with van der Waals surface area (Å²) in [5.41, 5.74) is 0.470. The van der Waals surface area contributed by atoms with Gasteiger partial charge in [0.1, 0.15) is 12.9 Å². The molecule has 1 aromatic carbocycles. The van der Waals surface area contributed by atoms with Crippen molar-refractivity contribution < 1.29 is 14.7 Å². The summed E-state index contributed by atoms with van der Waals surface area (Å²) in [5, 5.41) is 13.8. The Kier molecular flexibility index (Phi) is 6.46. The van der Waals surface area contributed by atoms with Crippen LogP contribution in [0.15, 0.2) is 49.1 Å². The molecule has 5 rings (SSSR count). The number of hydrogen-bond donors (Lipinski definition) is 2. The van der Waals surface area contributed by atoms with E-state index in [9.17, 15) is 14.7 Å². The van der Waals surface area contributed by atoms with Crippen LogP contribution in [0, 0.1) is 0 Å². The SMILES string of the molecule is CN(C)[C@]1(c2ccccc2)CC[C@@]2(CC1)CN(CC(=O)Nc1cncnc1)C(=O)N2CC1(O)CCC1.